The quantitative estimate of drug-likeness (QED) is 0.481. The van der Waals surface area contributed by atoms with Crippen LogP contribution < -0.4 is 10.0 Å². The van der Waals surface area contributed by atoms with Gasteiger partial charge in [0, 0.05) is 24.8 Å². The fourth-order valence-electron chi connectivity index (χ4n) is 4.68. The molecule has 1 heterocycles. The molecule has 2 aromatic carbocycles. The van der Waals surface area contributed by atoms with Crippen LogP contribution in [-0.4, -0.2) is 38.3 Å². The summed E-state index contributed by atoms with van der Waals surface area (Å²) in [7, 11) is -0.0989. The molecule has 0 bridgehead atoms. The lowest BCUT2D eigenvalue weighted by atomic mass is 9.86. The number of halogens is 2. The fraction of sp³-hybridized carbons (Fsp3) is 0.375. The van der Waals surface area contributed by atoms with Gasteiger partial charge < -0.3 is 5.32 Å². The normalized spacial score (nSPS) is 17.9. The third-order valence-corrected chi connectivity index (χ3v) is 7.90. The molecule has 2 atom stereocenters. The van der Waals surface area contributed by atoms with Gasteiger partial charge in [-0.05, 0) is 85.1 Å². The lowest BCUT2D eigenvalue weighted by Gasteiger charge is -2.21. The van der Waals surface area contributed by atoms with Gasteiger partial charge in [-0.3, -0.25) is 4.68 Å². The van der Waals surface area contributed by atoms with Gasteiger partial charge >= 0.3 is 0 Å². The van der Waals surface area contributed by atoms with E-state index < -0.39 is 10.0 Å². The van der Waals surface area contributed by atoms with Gasteiger partial charge in [0.2, 0.25) is 10.0 Å². The van der Waals surface area contributed by atoms with E-state index >= 15 is 0 Å². The molecule has 0 aliphatic heterocycles. The number of nitrogens with zero attached hydrogens (tertiary/aromatic N) is 2. The van der Waals surface area contributed by atoms with Crippen molar-refractivity contribution in [2.45, 2.75) is 30.1 Å². The van der Waals surface area contributed by atoms with Crippen LogP contribution in [0.1, 0.15) is 28.2 Å². The molecule has 4 rings (SSSR count). The van der Waals surface area contributed by atoms with E-state index in [9.17, 15) is 12.8 Å². The van der Waals surface area contributed by atoms with Gasteiger partial charge in [-0.1, -0.05) is 29.8 Å². The van der Waals surface area contributed by atoms with Crippen LogP contribution in [0.25, 0.3) is 0 Å². The van der Waals surface area contributed by atoms with Crippen LogP contribution in [0.4, 0.5) is 4.39 Å². The number of rotatable bonds is 9. The molecule has 1 aromatic heterocycles. The SMILES string of the molecule is CNCC1Cc2cc(F)c(CCNS(=O)(=O)c3cnn(C)c3)cc2C1Cc1cccc(Cl)c1. The monoisotopic (exact) mass is 490 g/mol. The van der Waals surface area contributed by atoms with Crippen molar-refractivity contribution < 1.29 is 12.8 Å². The van der Waals surface area contributed by atoms with Gasteiger partial charge in [-0.15, -0.1) is 0 Å². The number of benzene rings is 2. The minimum absolute atomic E-state index is 0.0934. The molecule has 176 valence electrons. The molecular weight excluding hydrogens is 463 g/mol. The molecule has 1 aliphatic carbocycles. The molecule has 9 heteroatoms. The standard InChI is InChI=1S/C24H28ClFN4O2S/c1-27-13-19-10-18-12-24(26)17(6-7-29-33(31,32)21-14-28-30(2)15-21)11-23(18)22(19)9-16-4-3-5-20(25)8-16/h3-5,8,11-12,14-15,19,22,27,29H,6-7,9-10,13H2,1-2H3. The van der Waals surface area contributed by atoms with Gasteiger partial charge in [0.25, 0.3) is 0 Å². The van der Waals surface area contributed by atoms with E-state index in [1.165, 1.54) is 17.1 Å². The summed E-state index contributed by atoms with van der Waals surface area (Å²) in [6.07, 6.45) is 4.62. The van der Waals surface area contributed by atoms with Gasteiger partial charge in [-0.2, -0.15) is 5.10 Å². The summed E-state index contributed by atoms with van der Waals surface area (Å²) in [4.78, 5) is 0.0934. The van der Waals surface area contributed by atoms with Crippen LogP contribution in [0.3, 0.4) is 0 Å². The average molecular weight is 491 g/mol. The van der Waals surface area contributed by atoms with Crippen LogP contribution in [0, 0.1) is 11.7 Å². The second kappa shape index (κ2) is 9.93. The van der Waals surface area contributed by atoms with E-state index in [1.54, 1.807) is 13.1 Å². The first-order valence-electron chi connectivity index (χ1n) is 11.0. The van der Waals surface area contributed by atoms with Crippen molar-refractivity contribution in [3.8, 4) is 0 Å². The fourth-order valence-corrected chi connectivity index (χ4v) is 5.91. The number of fused-ring (bicyclic) bond motifs is 1. The van der Waals surface area contributed by atoms with Gasteiger partial charge in [0.15, 0.2) is 0 Å². The van der Waals surface area contributed by atoms with E-state index in [-0.39, 0.29) is 29.6 Å². The van der Waals surface area contributed by atoms with Crippen molar-refractivity contribution in [1.29, 1.82) is 0 Å². The number of nitrogens with one attached hydrogen (secondary N) is 2. The summed E-state index contributed by atoms with van der Waals surface area (Å²) in [5.41, 5.74) is 3.83. The number of hydrogen-bond donors (Lipinski definition) is 2. The summed E-state index contributed by atoms with van der Waals surface area (Å²) in [5, 5.41) is 7.87. The predicted molar refractivity (Wildman–Crippen MR) is 128 cm³/mol. The van der Waals surface area contributed by atoms with Crippen LogP contribution in [0.5, 0.6) is 0 Å². The van der Waals surface area contributed by atoms with Crippen LogP contribution >= 0.6 is 11.6 Å². The molecule has 6 nitrogen and oxygen atoms in total. The first-order chi connectivity index (χ1) is 15.8. The molecule has 1 aliphatic rings. The Balaban J connectivity index is 1.53. The van der Waals surface area contributed by atoms with Crippen molar-refractivity contribution in [3.63, 3.8) is 0 Å². The lowest BCUT2D eigenvalue weighted by molar-refractivity contribution is 0.436. The van der Waals surface area contributed by atoms with E-state index in [2.05, 4.69) is 21.2 Å². The van der Waals surface area contributed by atoms with Crippen molar-refractivity contribution in [3.05, 3.63) is 81.9 Å². The molecular formula is C24H28ClFN4O2S. The van der Waals surface area contributed by atoms with Crippen LogP contribution in [-0.2, 0) is 36.3 Å². The Kier molecular flexibility index (Phi) is 7.19. The van der Waals surface area contributed by atoms with E-state index in [0.29, 0.717) is 16.5 Å². The Morgan fingerprint density at radius 3 is 2.79 bits per heavy atom. The highest BCUT2D eigenvalue weighted by atomic mass is 35.5. The van der Waals surface area contributed by atoms with Gasteiger partial charge in [0.1, 0.15) is 10.7 Å². The smallest absolute Gasteiger partial charge is 0.243 e. The van der Waals surface area contributed by atoms with Crippen LogP contribution in [0.2, 0.25) is 5.02 Å². The molecule has 2 unspecified atom stereocenters. The molecule has 2 N–H and O–H groups in total. The molecule has 0 saturated carbocycles. The topological polar surface area (TPSA) is 76.0 Å². The Hall–Kier alpha value is -2.26. The number of hydrogen-bond acceptors (Lipinski definition) is 4. The zero-order valence-electron chi connectivity index (χ0n) is 18.7. The van der Waals surface area contributed by atoms with Crippen molar-refractivity contribution in [2.75, 3.05) is 20.1 Å². The molecule has 0 amide bonds. The van der Waals surface area contributed by atoms with Crippen molar-refractivity contribution in [1.82, 2.24) is 19.8 Å². The minimum atomic E-state index is -3.68. The summed E-state index contributed by atoms with van der Waals surface area (Å²) in [5.74, 6) is 0.293. The maximum atomic E-state index is 14.9. The van der Waals surface area contributed by atoms with Gasteiger partial charge in [-0.25, -0.2) is 17.5 Å². The summed E-state index contributed by atoms with van der Waals surface area (Å²) in [6.45, 7) is 0.938. The largest absolute Gasteiger partial charge is 0.319 e. The summed E-state index contributed by atoms with van der Waals surface area (Å²) in [6, 6.07) is 11.4. The molecule has 0 spiro atoms. The summed E-state index contributed by atoms with van der Waals surface area (Å²) >= 11 is 6.19. The zero-order chi connectivity index (χ0) is 23.6. The first kappa shape index (κ1) is 23.9. The Labute approximate surface area is 199 Å². The van der Waals surface area contributed by atoms with Crippen molar-refractivity contribution in [2.24, 2.45) is 13.0 Å². The number of aryl methyl sites for hydroxylation is 1. The van der Waals surface area contributed by atoms with E-state index in [4.69, 9.17) is 11.6 Å². The highest BCUT2D eigenvalue weighted by molar-refractivity contribution is 7.89. The molecule has 33 heavy (non-hydrogen) atoms. The number of sulfonamides is 1. The number of aromatic nitrogens is 2. The third kappa shape index (κ3) is 5.46. The van der Waals surface area contributed by atoms with Gasteiger partial charge in [0.05, 0.1) is 6.20 Å². The van der Waals surface area contributed by atoms with Crippen molar-refractivity contribution >= 4 is 21.6 Å². The minimum Gasteiger partial charge on any atom is -0.319 e. The zero-order valence-corrected chi connectivity index (χ0v) is 20.3. The highest BCUT2D eigenvalue weighted by Gasteiger charge is 2.33. The average Bonchev–Trinajstić information content (AvgIpc) is 3.33. The Bertz CT molecular complexity index is 1250. The third-order valence-electron chi connectivity index (χ3n) is 6.25. The molecule has 0 saturated heterocycles. The second-order valence-electron chi connectivity index (χ2n) is 8.60. The highest BCUT2D eigenvalue weighted by Crippen LogP contribution is 2.41. The molecule has 0 radical (unpaired) electrons. The molecule has 0 fully saturated rings. The second-order valence-corrected chi connectivity index (χ2v) is 10.8. The van der Waals surface area contributed by atoms with E-state index in [0.717, 1.165) is 36.1 Å². The Morgan fingerprint density at radius 2 is 2.09 bits per heavy atom. The predicted octanol–water partition coefficient (Wildman–Crippen LogP) is 3.45. The lowest BCUT2D eigenvalue weighted by Crippen LogP contribution is -2.26. The Morgan fingerprint density at radius 1 is 1.27 bits per heavy atom. The summed E-state index contributed by atoms with van der Waals surface area (Å²) < 4.78 is 43.7. The first-order valence-corrected chi connectivity index (χ1v) is 12.8. The van der Waals surface area contributed by atoms with E-state index in [1.807, 2.05) is 31.3 Å². The van der Waals surface area contributed by atoms with Crippen LogP contribution in [0.15, 0.2) is 53.7 Å². The molecule has 3 aromatic rings. The maximum Gasteiger partial charge on any atom is 0.243 e. The maximum absolute atomic E-state index is 14.9.